The van der Waals surface area contributed by atoms with Crippen molar-refractivity contribution in [3.8, 4) is 17.9 Å². The predicted molar refractivity (Wildman–Crippen MR) is 136 cm³/mol. The molecule has 1 aliphatic heterocycles. The van der Waals surface area contributed by atoms with Crippen LogP contribution in [0.1, 0.15) is 43.7 Å². The minimum atomic E-state index is -1.09. The Kier molecular flexibility index (Phi) is 6.66. The Bertz CT molecular complexity index is 1100. The maximum atomic E-state index is 10.5. The summed E-state index contributed by atoms with van der Waals surface area (Å²) < 4.78 is 5.16. The highest BCUT2D eigenvalue weighted by Crippen LogP contribution is 2.85. The highest BCUT2D eigenvalue weighted by atomic mass is 32.2. The first-order valence-electron chi connectivity index (χ1n) is 11.3. The number of amidine groups is 1. The zero-order valence-electron chi connectivity index (χ0n) is 19.0. The van der Waals surface area contributed by atoms with Crippen molar-refractivity contribution in [1.29, 1.82) is 10.5 Å². The third kappa shape index (κ3) is 3.50. The smallest absolute Gasteiger partial charge is 0.175 e. The average Bonchev–Trinajstić information content (AvgIpc) is 3.44. The minimum absolute atomic E-state index is 0.299. The summed E-state index contributed by atoms with van der Waals surface area (Å²) >= 11 is 3.33. The molecule has 2 aromatic carbocycles. The Labute approximate surface area is 204 Å². The van der Waals surface area contributed by atoms with E-state index in [1.807, 2.05) is 54.6 Å². The molecule has 0 aromatic heterocycles. The van der Waals surface area contributed by atoms with Crippen LogP contribution in [0, 0.1) is 33.5 Å². The van der Waals surface area contributed by atoms with Crippen molar-refractivity contribution in [2.45, 2.75) is 43.4 Å². The standard InChI is InChI=1S/C26H28N4OS2/c1-3-14-32-26(33-15-4-2)25(18-28)22(24(25,17-27)23(29)30-26)20-10-12-21(13-11-20)31-16-19-8-6-5-7-9-19/h5-13,22H,3-4,14-16H2,1-2H3,(H2,29,30)/t22-,24+,25-/m1/s1. The number of rotatable bonds is 10. The summed E-state index contributed by atoms with van der Waals surface area (Å²) in [4.78, 5) is 4.82. The molecule has 2 N–H and O–H groups in total. The normalized spacial score (nSPS) is 26.5. The largest absolute Gasteiger partial charge is 0.489 e. The van der Waals surface area contributed by atoms with Gasteiger partial charge in [-0.2, -0.15) is 10.5 Å². The van der Waals surface area contributed by atoms with Gasteiger partial charge in [-0.1, -0.05) is 56.3 Å². The number of aliphatic imine (C=N–C) groups is 1. The van der Waals surface area contributed by atoms with Crippen LogP contribution in [-0.4, -0.2) is 21.5 Å². The molecule has 170 valence electrons. The number of hydrogen-bond donors (Lipinski definition) is 1. The molecule has 2 aromatic rings. The number of hydrogen-bond acceptors (Lipinski definition) is 7. The summed E-state index contributed by atoms with van der Waals surface area (Å²) in [5, 5.41) is 20.8. The van der Waals surface area contributed by atoms with Gasteiger partial charge >= 0.3 is 0 Å². The molecule has 0 saturated heterocycles. The Morgan fingerprint density at radius 1 is 0.970 bits per heavy atom. The predicted octanol–water partition coefficient (Wildman–Crippen LogP) is 5.69. The van der Waals surface area contributed by atoms with Gasteiger partial charge in [0.15, 0.2) is 4.20 Å². The van der Waals surface area contributed by atoms with Crippen molar-refractivity contribution in [1.82, 2.24) is 0 Å². The van der Waals surface area contributed by atoms with Crippen molar-refractivity contribution < 1.29 is 4.74 Å². The van der Waals surface area contributed by atoms with E-state index in [0.29, 0.717) is 12.4 Å². The second-order valence-electron chi connectivity index (χ2n) is 8.39. The SMILES string of the molecule is CCCSC1(SCCC)N=C(N)[C@]2(C#N)[C@@H](c3ccc(OCc4ccccc4)cc3)[C@@]12C#N. The zero-order valence-corrected chi connectivity index (χ0v) is 20.6. The van der Waals surface area contributed by atoms with Gasteiger partial charge in [0, 0.05) is 5.92 Å². The zero-order chi connectivity index (χ0) is 23.5. The molecular formula is C26H28N4OS2. The van der Waals surface area contributed by atoms with E-state index < -0.39 is 15.0 Å². The molecule has 1 saturated carbocycles. The monoisotopic (exact) mass is 476 g/mol. The van der Waals surface area contributed by atoms with E-state index in [4.69, 9.17) is 15.5 Å². The Morgan fingerprint density at radius 3 is 2.15 bits per heavy atom. The maximum absolute atomic E-state index is 10.5. The van der Waals surface area contributed by atoms with Gasteiger partial charge < -0.3 is 10.5 Å². The molecule has 2 aliphatic rings. The molecule has 0 bridgehead atoms. The van der Waals surface area contributed by atoms with Crippen LogP contribution in [0.25, 0.3) is 0 Å². The molecule has 1 heterocycles. The summed E-state index contributed by atoms with van der Waals surface area (Å²) in [6, 6.07) is 22.8. The molecule has 3 atom stereocenters. The molecule has 0 spiro atoms. The Hall–Kier alpha value is -2.61. The van der Waals surface area contributed by atoms with Gasteiger partial charge in [0.05, 0.1) is 12.1 Å². The molecule has 33 heavy (non-hydrogen) atoms. The van der Waals surface area contributed by atoms with Crippen molar-refractivity contribution in [2.75, 3.05) is 11.5 Å². The van der Waals surface area contributed by atoms with Gasteiger partial charge in [-0.25, -0.2) is 4.99 Å². The molecule has 0 radical (unpaired) electrons. The minimum Gasteiger partial charge on any atom is -0.489 e. The van der Waals surface area contributed by atoms with Gasteiger partial charge in [-0.15, -0.1) is 23.5 Å². The summed E-state index contributed by atoms with van der Waals surface area (Å²) in [5.74, 6) is 2.45. The van der Waals surface area contributed by atoms with Crippen molar-refractivity contribution in [3.05, 3.63) is 65.7 Å². The number of benzene rings is 2. The Morgan fingerprint density at radius 2 is 1.61 bits per heavy atom. The van der Waals surface area contributed by atoms with Crippen LogP contribution in [0.5, 0.6) is 5.75 Å². The van der Waals surface area contributed by atoms with Gasteiger partial charge in [0.2, 0.25) is 0 Å². The van der Waals surface area contributed by atoms with Gasteiger partial charge in [-0.05, 0) is 47.6 Å². The van der Waals surface area contributed by atoms with Gasteiger partial charge in [0.25, 0.3) is 0 Å². The first kappa shape index (κ1) is 23.5. The second kappa shape index (κ2) is 9.33. The molecule has 5 nitrogen and oxygen atoms in total. The number of thioether (sulfide) groups is 2. The van der Waals surface area contributed by atoms with Crippen molar-refractivity contribution in [3.63, 3.8) is 0 Å². The fourth-order valence-electron chi connectivity index (χ4n) is 4.84. The molecule has 4 rings (SSSR count). The van der Waals surface area contributed by atoms with E-state index in [0.717, 1.165) is 41.2 Å². The fraction of sp³-hybridized carbons (Fsp3) is 0.423. The first-order chi connectivity index (χ1) is 16.0. The Balaban J connectivity index is 1.64. The van der Waals surface area contributed by atoms with E-state index in [1.165, 1.54) is 0 Å². The maximum Gasteiger partial charge on any atom is 0.175 e. The highest BCUT2D eigenvalue weighted by molar-refractivity contribution is 8.18. The fourth-order valence-corrected chi connectivity index (χ4v) is 8.06. The van der Waals surface area contributed by atoms with Crippen LogP contribution >= 0.6 is 23.5 Å². The van der Waals surface area contributed by atoms with E-state index in [-0.39, 0.29) is 5.92 Å². The summed E-state index contributed by atoms with van der Waals surface area (Å²) in [6.45, 7) is 4.71. The van der Waals surface area contributed by atoms with Crippen molar-refractivity contribution >= 4 is 29.4 Å². The lowest BCUT2D eigenvalue weighted by Crippen LogP contribution is -2.32. The van der Waals surface area contributed by atoms with Crippen LogP contribution < -0.4 is 10.5 Å². The van der Waals surface area contributed by atoms with E-state index in [2.05, 4.69) is 26.0 Å². The second-order valence-corrected chi connectivity index (χ2v) is 11.2. The third-order valence-corrected chi connectivity index (χ3v) is 9.93. The topological polar surface area (TPSA) is 95.2 Å². The molecule has 7 heteroatoms. The lowest BCUT2D eigenvalue weighted by atomic mass is 9.97. The third-order valence-electron chi connectivity index (χ3n) is 6.39. The van der Waals surface area contributed by atoms with Crippen LogP contribution in [0.4, 0.5) is 0 Å². The molecule has 1 aliphatic carbocycles. The van der Waals surface area contributed by atoms with E-state index >= 15 is 0 Å². The van der Waals surface area contributed by atoms with E-state index in [9.17, 15) is 10.5 Å². The summed E-state index contributed by atoms with van der Waals surface area (Å²) in [5.41, 5.74) is 6.40. The number of nitriles is 2. The molecule has 1 fully saturated rings. The average molecular weight is 477 g/mol. The van der Waals surface area contributed by atoms with Gasteiger partial charge in [0.1, 0.15) is 29.0 Å². The molecule has 0 amide bonds. The number of nitrogens with two attached hydrogens (primary N) is 1. The highest BCUT2D eigenvalue weighted by Gasteiger charge is 2.91. The lowest BCUT2D eigenvalue weighted by molar-refractivity contribution is 0.306. The number of ether oxygens (including phenoxy) is 1. The van der Waals surface area contributed by atoms with Crippen LogP contribution in [0.15, 0.2) is 59.6 Å². The van der Waals surface area contributed by atoms with Gasteiger partial charge in [-0.3, -0.25) is 0 Å². The summed E-state index contributed by atoms with van der Waals surface area (Å²) in [6.07, 6.45) is 1.93. The molecule has 0 unspecified atom stereocenters. The van der Waals surface area contributed by atoms with Crippen LogP contribution in [-0.2, 0) is 6.61 Å². The number of nitrogens with zero attached hydrogens (tertiary/aromatic N) is 3. The first-order valence-corrected chi connectivity index (χ1v) is 13.2. The van der Waals surface area contributed by atoms with Crippen molar-refractivity contribution in [2.24, 2.45) is 21.6 Å². The van der Waals surface area contributed by atoms with Crippen LogP contribution in [0.2, 0.25) is 0 Å². The molecular weight excluding hydrogens is 448 g/mol. The lowest BCUT2D eigenvalue weighted by Gasteiger charge is -2.32. The van der Waals surface area contributed by atoms with Crippen LogP contribution in [0.3, 0.4) is 0 Å². The quantitative estimate of drug-likeness (QED) is 0.442. The number of fused-ring (bicyclic) bond motifs is 1. The summed E-state index contributed by atoms with van der Waals surface area (Å²) in [7, 11) is 0. The van der Waals surface area contributed by atoms with E-state index in [1.54, 1.807) is 23.5 Å².